The molecule has 0 saturated heterocycles. The maximum Gasteiger partial charge on any atom is 0.232 e. The van der Waals surface area contributed by atoms with E-state index in [0.29, 0.717) is 16.3 Å². The molecule has 0 aliphatic heterocycles. The molecule has 0 amide bonds. The van der Waals surface area contributed by atoms with Gasteiger partial charge in [0.25, 0.3) is 0 Å². The van der Waals surface area contributed by atoms with Gasteiger partial charge in [-0.05, 0) is 46.6 Å². The van der Waals surface area contributed by atoms with Crippen LogP contribution in [0.4, 0.5) is 16.0 Å². The Bertz CT molecular complexity index is 577. The average Bonchev–Trinajstić information content (AvgIpc) is 2.35. The van der Waals surface area contributed by atoms with Crippen molar-refractivity contribution in [3.8, 4) is 5.88 Å². The van der Waals surface area contributed by atoms with Crippen LogP contribution < -0.4 is 10.1 Å². The van der Waals surface area contributed by atoms with Gasteiger partial charge in [0.1, 0.15) is 5.82 Å². The number of nitrogens with one attached hydrogen (secondary N) is 1. The monoisotopic (exact) mass is 311 g/mol. The zero-order valence-corrected chi connectivity index (χ0v) is 11.5. The van der Waals surface area contributed by atoms with E-state index in [9.17, 15) is 4.39 Å². The normalized spacial score (nSPS) is 10.2. The molecule has 18 heavy (non-hydrogen) atoms. The molecule has 0 unspecified atom stereocenters. The van der Waals surface area contributed by atoms with Crippen molar-refractivity contribution in [2.45, 2.75) is 6.92 Å². The summed E-state index contributed by atoms with van der Waals surface area (Å²) in [6, 6.07) is 4.46. The number of hydrogen-bond acceptors (Lipinski definition) is 4. The van der Waals surface area contributed by atoms with E-state index in [0.717, 1.165) is 11.3 Å². The summed E-state index contributed by atoms with van der Waals surface area (Å²) in [5.41, 5.74) is 1.53. The van der Waals surface area contributed by atoms with Crippen molar-refractivity contribution in [2.75, 3.05) is 12.4 Å². The van der Waals surface area contributed by atoms with Gasteiger partial charge in [-0.3, -0.25) is 0 Å². The Morgan fingerprint density at radius 2 is 2.17 bits per heavy atom. The van der Waals surface area contributed by atoms with Gasteiger partial charge < -0.3 is 10.1 Å². The summed E-state index contributed by atoms with van der Waals surface area (Å²) in [4.78, 5) is 8.27. The van der Waals surface area contributed by atoms with Gasteiger partial charge in [0, 0.05) is 5.69 Å². The minimum Gasteiger partial charge on any atom is -0.480 e. The standard InChI is InChI=1S/C12H11BrFN3O/c1-7-5-8(14)3-4-10(7)16-12-15-6-9(13)11(17-12)18-2/h3-6H,1-2H3,(H,15,16,17). The number of methoxy groups -OCH3 is 1. The van der Waals surface area contributed by atoms with Crippen LogP contribution in [0.15, 0.2) is 28.9 Å². The first-order valence-electron chi connectivity index (χ1n) is 5.20. The van der Waals surface area contributed by atoms with Crippen LogP contribution >= 0.6 is 15.9 Å². The van der Waals surface area contributed by atoms with Crippen molar-refractivity contribution in [2.24, 2.45) is 0 Å². The Balaban J connectivity index is 2.28. The number of anilines is 2. The first-order chi connectivity index (χ1) is 8.60. The summed E-state index contributed by atoms with van der Waals surface area (Å²) in [5.74, 6) is 0.560. The average molecular weight is 312 g/mol. The summed E-state index contributed by atoms with van der Waals surface area (Å²) in [7, 11) is 1.53. The lowest BCUT2D eigenvalue weighted by Gasteiger charge is -2.09. The second-order valence-corrected chi connectivity index (χ2v) is 4.49. The number of ether oxygens (including phenoxy) is 1. The molecule has 94 valence electrons. The maximum absolute atomic E-state index is 13.0. The van der Waals surface area contributed by atoms with E-state index in [1.54, 1.807) is 12.3 Å². The van der Waals surface area contributed by atoms with Crippen LogP contribution in [0.25, 0.3) is 0 Å². The van der Waals surface area contributed by atoms with Crippen LogP contribution in [0.1, 0.15) is 5.56 Å². The van der Waals surface area contributed by atoms with E-state index in [-0.39, 0.29) is 5.82 Å². The summed E-state index contributed by atoms with van der Waals surface area (Å²) >= 11 is 3.27. The lowest BCUT2D eigenvalue weighted by Crippen LogP contribution is -2.00. The molecule has 0 aliphatic rings. The predicted octanol–water partition coefficient (Wildman–Crippen LogP) is 3.44. The Morgan fingerprint density at radius 1 is 1.39 bits per heavy atom. The van der Waals surface area contributed by atoms with Gasteiger partial charge in [-0.25, -0.2) is 9.37 Å². The van der Waals surface area contributed by atoms with Crippen molar-refractivity contribution < 1.29 is 9.13 Å². The van der Waals surface area contributed by atoms with Crippen LogP contribution in [0, 0.1) is 12.7 Å². The lowest BCUT2D eigenvalue weighted by atomic mass is 10.2. The number of aryl methyl sites for hydroxylation is 1. The van der Waals surface area contributed by atoms with E-state index in [2.05, 4.69) is 31.2 Å². The van der Waals surface area contributed by atoms with Crippen molar-refractivity contribution in [1.29, 1.82) is 0 Å². The molecule has 2 rings (SSSR count). The first kappa shape index (κ1) is 12.8. The molecule has 1 aromatic heterocycles. The molecular formula is C12H11BrFN3O. The van der Waals surface area contributed by atoms with Crippen molar-refractivity contribution in [3.05, 3.63) is 40.2 Å². The van der Waals surface area contributed by atoms with Crippen LogP contribution in [0.3, 0.4) is 0 Å². The van der Waals surface area contributed by atoms with Crippen molar-refractivity contribution in [3.63, 3.8) is 0 Å². The third kappa shape index (κ3) is 2.76. The number of benzene rings is 1. The van der Waals surface area contributed by atoms with Crippen LogP contribution in [-0.2, 0) is 0 Å². The van der Waals surface area contributed by atoms with E-state index in [4.69, 9.17) is 4.74 Å². The van der Waals surface area contributed by atoms with E-state index in [1.165, 1.54) is 19.2 Å². The highest BCUT2D eigenvalue weighted by Gasteiger charge is 2.06. The smallest absolute Gasteiger partial charge is 0.232 e. The number of halogens is 2. The molecule has 0 spiro atoms. The quantitative estimate of drug-likeness (QED) is 0.943. The zero-order chi connectivity index (χ0) is 13.1. The molecule has 4 nitrogen and oxygen atoms in total. The molecule has 0 fully saturated rings. The van der Waals surface area contributed by atoms with Crippen molar-refractivity contribution >= 4 is 27.6 Å². The number of nitrogens with zero attached hydrogens (tertiary/aromatic N) is 2. The molecule has 2 aromatic rings. The zero-order valence-electron chi connectivity index (χ0n) is 9.87. The second kappa shape index (κ2) is 5.30. The Kier molecular flexibility index (Phi) is 3.76. The fourth-order valence-electron chi connectivity index (χ4n) is 1.44. The van der Waals surface area contributed by atoms with E-state index in [1.807, 2.05) is 6.92 Å². The highest BCUT2D eigenvalue weighted by atomic mass is 79.9. The summed E-state index contributed by atoms with van der Waals surface area (Å²) < 4.78 is 18.7. The SMILES string of the molecule is COc1nc(Nc2ccc(F)cc2C)ncc1Br. The Hall–Kier alpha value is -1.69. The molecule has 1 N–H and O–H groups in total. The summed E-state index contributed by atoms with van der Waals surface area (Å²) in [6.07, 6.45) is 1.59. The summed E-state index contributed by atoms with van der Waals surface area (Å²) in [5, 5.41) is 3.01. The van der Waals surface area contributed by atoms with Gasteiger partial charge in [-0.1, -0.05) is 0 Å². The van der Waals surface area contributed by atoms with Crippen molar-refractivity contribution in [1.82, 2.24) is 9.97 Å². The minimum atomic E-state index is -0.271. The van der Waals surface area contributed by atoms with Crippen LogP contribution in [-0.4, -0.2) is 17.1 Å². The van der Waals surface area contributed by atoms with Gasteiger partial charge in [-0.2, -0.15) is 4.98 Å². The van der Waals surface area contributed by atoms with Crippen LogP contribution in [0.2, 0.25) is 0 Å². The number of rotatable bonds is 3. The molecule has 6 heteroatoms. The van der Waals surface area contributed by atoms with Gasteiger partial charge >= 0.3 is 0 Å². The Morgan fingerprint density at radius 3 is 2.83 bits per heavy atom. The molecule has 1 heterocycles. The number of aromatic nitrogens is 2. The molecule has 1 aromatic carbocycles. The summed E-state index contributed by atoms with van der Waals surface area (Å²) in [6.45, 7) is 1.81. The second-order valence-electron chi connectivity index (χ2n) is 3.64. The first-order valence-corrected chi connectivity index (χ1v) is 5.99. The molecule has 0 radical (unpaired) electrons. The third-order valence-corrected chi connectivity index (χ3v) is 2.88. The maximum atomic E-state index is 13.0. The van der Waals surface area contributed by atoms with Gasteiger partial charge in [0.15, 0.2) is 0 Å². The molecule has 0 saturated carbocycles. The largest absolute Gasteiger partial charge is 0.480 e. The van der Waals surface area contributed by atoms with Gasteiger partial charge in [0.05, 0.1) is 17.8 Å². The molecular weight excluding hydrogens is 301 g/mol. The fourth-order valence-corrected chi connectivity index (χ4v) is 1.80. The topological polar surface area (TPSA) is 47.0 Å². The minimum absolute atomic E-state index is 0.271. The molecule has 0 aliphatic carbocycles. The van der Waals surface area contributed by atoms with Gasteiger partial charge in [0.2, 0.25) is 11.8 Å². The Labute approximate surface area is 112 Å². The fraction of sp³-hybridized carbons (Fsp3) is 0.167. The molecule has 0 atom stereocenters. The molecule has 0 bridgehead atoms. The lowest BCUT2D eigenvalue weighted by molar-refractivity contribution is 0.394. The number of hydrogen-bond donors (Lipinski definition) is 1. The third-order valence-electron chi connectivity index (χ3n) is 2.34. The van der Waals surface area contributed by atoms with Crippen LogP contribution in [0.5, 0.6) is 5.88 Å². The highest BCUT2D eigenvalue weighted by molar-refractivity contribution is 9.10. The van der Waals surface area contributed by atoms with Gasteiger partial charge in [-0.15, -0.1) is 0 Å². The highest BCUT2D eigenvalue weighted by Crippen LogP contribution is 2.24. The van der Waals surface area contributed by atoms with E-state index < -0.39 is 0 Å². The predicted molar refractivity (Wildman–Crippen MR) is 70.7 cm³/mol. The van der Waals surface area contributed by atoms with E-state index >= 15 is 0 Å².